The molecule has 39 heavy (non-hydrogen) atoms. The van der Waals surface area contributed by atoms with E-state index in [1.54, 1.807) is 44.2 Å². The molecule has 0 bridgehead atoms. The number of benzene rings is 2. The van der Waals surface area contributed by atoms with Gasteiger partial charge in [-0.15, -0.1) is 0 Å². The number of halogens is 1. The van der Waals surface area contributed by atoms with Crippen LogP contribution in [0.2, 0.25) is 0 Å². The number of anilines is 4. The van der Waals surface area contributed by atoms with Gasteiger partial charge in [-0.3, -0.25) is 9.69 Å². The highest BCUT2D eigenvalue weighted by Crippen LogP contribution is 2.30. The summed E-state index contributed by atoms with van der Waals surface area (Å²) in [7, 11) is 0. The van der Waals surface area contributed by atoms with Crippen LogP contribution in [-0.4, -0.2) is 69.4 Å². The molecule has 0 aliphatic carbocycles. The smallest absolute Gasteiger partial charge is 0.247 e. The predicted octanol–water partition coefficient (Wildman–Crippen LogP) is 4.18. The van der Waals surface area contributed by atoms with Crippen LogP contribution in [-0.2, 0) is 4.79 Å². The van der Waals surface area contributed by atoms with Crippen LogP contribution in [0.15, 0.2) is 65.8 Å². The summed E-state index contributed by atoms with van der Waals surface area (Å²) in [4.78, 5) is 24.7. The molecule has 3 heterocycles. The van der Waals surface area contributed by atoms with Crippen molar-refractivity contribution < 1.29 is 18.8 Å². The molecule has 3 N–H and O–H groups in total. The number of nitrogens with zero attached hydrogens (tertiary/aromatic N) is 5. The number of carbonyl (C=O) groups is 1. The highest BCUT2D eigenvalue weighted by Gasteiger charge is 2.24. The van der Waals surface area contributed by atoms with Gasteiger partial charge in [-0.1, -0.05) is 23.9 Å². The number of rotatable bonds is 8. The first-order valence-corrected chi connectivity index (χ1v) is 12.6. The van der Waals surface area contributed by atoms with Crippen molar-refractivity contribution in [2.75, 3.05) is 48.3 Å². The normalized spacial score (nSPS) is 14.4. The Morgan fingerprint density at radius 1 is 1.18 bits per heavy atom. The second-order valence-corrected chi connectivity index (χ2v) is 10.1. The fourth-order valence-corrected chi connectivity index (χ4v) is 4.59. The zero-order valence-electron chi connectivity index (χ0n) is 21.8. The molecule has 1 fully saturated rings. The van der Waals surface area contributed by atoms with Gasteiger partial charge in [-0.25, -0.2) is 14.4 Å². The molecule has 2 aromatic heterocycles. The summed E-state index contributed by atoms with van der Waals surface area (Å²) in [5.74, 6) is 0.00145. The number of aliphatic hydroxyl groups is 1. The van der Waals surface area contributed by atoms with E-state index in [9.17, 15) is 9.90 Å². The molecule has 4 aromatic rings. The van der Waals surface area contributed by atoms with Gasteiger partial charge in [0.05, 0.1) is 17.5 Å². The van der Waals surface area contributed by atoms with E-state index in [1.165, 1.54) is 18.3 Å². The van der Waals surface area contributed by atoms with E-state index in [1.807, 2.05) is 11.0 Å². The van der Waals surface area contributed by atoms with Crippen LogP contribution >= 0.6 is 0 Å². The molecule has 0 saturated carbocycles. The van der Waals surface area contributed by atoms with Gasteiger partial charge in [0.25, 0.3) is 0 Å². The molecule has 5 rings (SSSR count). The fraction of sp³-hybridized carbons (Fsp3) is 0.286. The lowest BCUT2D eigenvalue weighted by Gasteiger charge is -2.38. The average Bonchev–Trinajstić information content (AvgIpc) is 3.32. The predicted molar refractivity (Wildman–Crippen MR) is 148 cm³/mol. The lowest BCUT2D eigenvalue weighted by Crippen LogP contribution is -2.50. The number of hydrogen-bond acceptors (Lipinski definition) is 9. The van der Waals surface area contributed by atoms with Crippen LogP contribution in [0.1, 0.15) is 13.8 Å². The highest BCUT2D eigenvalue weighted by molar-refractivity contribution is 5.99. The molecular formula is C28H30FN7O3. The van der Waals surface area contributed by atoms with Gasteiger partial charge in [-0.2, -0.15) is 0 Å². The van der Waals surface area contributed by atoms with Gasteiger partial charge in [0.1, 0.15) is 11.3 Å². The van der Waals surface area contributed by atoms with E-state index in [-0.39, 0.29) is 17.7 Å². The highest BCUT2D eigenvalue weighted by atomic mass is 19.1. The van der Waals surface area contributed by atoms with Crippen molar-refractivity contribution in [1.82, 2.24) is 20.0 Å². The third-order valence-electron chi connectivity index (χ3n) is 6.32. The first-order chi connectivity index (χ1) is 18.7. The lowest BCUT2D eigenvalue weighted by atomic mass is 10.1. The molecule has 0 radical (unpaired) electrons. The molecular weight excluding hydrogens is 501 g/mol. The number of β-amino-alcohol motifs (C(OH)–C–C–N with tert-alkyl or cyclic N) is 1. The molecule has 11 heteroatoms. The number of fused-ring (bicyclic) bond motifs is 1. The number of hydrogen-bond donors (Lipinski definition) is 3. The van der Waals surface area contributed by atoms with Gasteiger partial charge in [0.15, 0.2) is 11.3 Å². The zero-order chi connectivity index (χ0) is 27.6. The third-order valence-corrected chi connectivity index (χ3v) is 6.32. The standard InChI is InChI=1S/C28H30FN7O3/c1-4-24(37)31-19-7-5-6-18(14-19)26-25-22(34-39-26)16-30-27(33-25)32-20-8-9-23(21(29)15-20)36-12-10-35(11-13-36)17-28(2,3)38/h4-9,14-16,38H,1,10-13,17H2,2-3H3,(H,31,37)(H,32,33). The Bertz CT molecular complexity index is 1510. The van der Waals surface area contributed by atoms with Crippen molar-refractivity contribution in [2.24, 2.45) is 0 Å². The van der Waals surface area contributed by atoms with Crippen molar-refractivity contribution in [3.05, 3.63) is 67.1 Å². The average molecular weight is 532 g/mol. The van der Waals surface area contributed by atoms with Crippen molar-refractivity contribution in [3.8, 4) is 11.3 Å². The van der Waals surface area contributed by atoms with Crippen LogP contribution in [0.4, 0.5) is 27.4 Å². The number of aromatic nitrogens is 3. The minimum Gasteiger partial charge on any atom is -0.389 e. The minimum atomic E-state index is -0.758. The molecule has 0 atom stereocenters. The van der Waals surface area contributed by atoms with Crippen LogP contribution in [0.3, 0.4) is 0 Å². The Morgan fingerprint density at radius 2 is 1.97 bits per heavy atom. The molecule has 2 aromatic carbocycles. The minimum absolute atomic E-state index is 0.260. The largest absolute Gasteiger partial charge is 0.389 e. The lowest BCUT2D eigenvalue weighted by molar-refractivity contribution is -0.111. The number of piperazine rings is 1. The van der Waals surface area contributed by atoms with Gasteiger partial charge in [0, 0.05) is 49.7 Å². The van der Waals surface area contributed by atoms with E-state index in [0.717, 1.165) is 13.1 Å². The summed E-state index contributed by atoms with van der Waals surface area (Å²) >= 11 is 0. The molecule has 1 aliphatic rings. The fourth-order valence-electron chi connectivity index (χ4n) is 4.59. The Labute approximate surface area is 225 Å². The SMILES string of the molecule is C=CC(=O)Nc1cccc(-c2onc3cnc(Nc4ccc(N5CCN(CC(C)(C)O)CC5)c(F)c4)nc23)c1. The Morgan fingerprint density at radius 3 is 2.69 bits per heavy atom. The molecule has 0 spiro atoms. The van der Waals surface area contributed by atoms with Crippen LogP contribution in [0, 0.1) is 5.82 Å². The van der Waals surface area contributed by atoms with E-state index in [0.29, 0.717) is 59.1 Å². The maximum Gasteiger partial charge on any atom is 0.247 e. The van der Waals surface area contributed by atoms with Gasteiger partial charge < -0.3 is 25.2 Å². The first-order valence-electron chi connectivity index (χ1n) is 12.6. The number of nitrogens with one attached hydrogen (secondary N) is 2. The Kier molecular flexibility index (Phi) is 7.27. The summed E-state index contributed by atoms with van der Waals surface area (Å²) in [5, 5.41) is 19.9. The van der Waals surface area contributed by atoms with E-state index < -0.39 is 5.60 Å². The molecule has 10 nitrogen and oxygen atoms in total. The van der Waals surface area contributed by atoms with E-state index in [2.05, 4.69) is 37.2 Å². The summed E-state index contributed by atoms with van der Waals surface area (Å²) in [6, 6.07) is 12.0. The van der Waals surface area contributed by atoms with Crippen LogP contribution in [0.25, 0.3) is 22.4 Å². The number of amides is 1. The van der Waals surface area contributed by atoms with Crippen molar-refractivity contribution in [1.29, 1.82) is 0 Å². The topological polar surface area (TPSA) is 120 Å². The molecule has 1 aliphatic heterocycles. The zero-order valence-corrected chi connectivity index (χ0v) is 21.8. The van der Waals surface area contributed by atoms with E-state index in [4.69, 9.17) is 4.52 Å². The monoisotopic (exact) mass is 531 g/mol. The Balaban J connectivity index is 1.31. The first kappa shape index (κ1) is 26.3. The maximum atomic E-state index is 15.1. The van der Waals surface area contributed by atoms with Crippen LogP contribution < -0.4 is 15.5 Å². The quantitative estimate of drug-likeness (QED) is 0.288. The van der Waals surface area contributed by atoms with Crippen molar-refractivity contribution in [2.45, 2.75) is 19.4 Å². The molecule has 1 amide bonds. The molecule has 0 unspecified atom stereocenters. The van der Waals surface area contributed by atoms with Crippen molar-refractivity contribution in [3.63, 3.8) is 0 Å². The van der Waals surface area contributed by atoms with Gasteiger partial charge in [-0.05, 0) is 50.3 Å². The molecule has 202 valence electrons. The Hall–Kier alpha value is -4.35. The summed E-state index contributed by atoms with van der Waals surface area (Å²) in [5.41, 5.74) is 2.45. The van der Waals surface area contributed by atoms with Gasteiger partial charge in [0.2, 0.25) is 11.9 Å². The maximum absolute atomic E-state index is 15.1. The summed E-state index contributed by atoms with van der Waals surface area (Å²) in [6.07, 6.45) is 2.72. The van der Waals surface area contributed by atoms with E-state index >= 15 is 4.39 Å². The van der Waals surface area contributed by atoms with Crippen molar-refractivity contribution >= 4 is 40.0 Å². The second kappa shape index (κ2) is 10.8. The third kappa shape index (κ3) is 6.21. The van der Waals surface area contributed by atoms with Crippen LogP contribution in [0.5, 0.6) is 0 Å². The van der Waals surface area contributed by atoms with Gasteiger partial charge >= 0.3 is 0 Å². The summed E-state index contributed by atoms with van der Waals surface area (Å²) < 4.78 is 20.6. The summed E-state index contributed by atoms with van der Waals surface area (Å²) in [6.45, 7) is 10.5. The molecule has 1 saturated heterocycles. The second-order valence-electron chi connectivity index (χ2n) is 10.1. The number of carbonyl (C=O) groups excluding carboxylic acids is 1.